The van der Waals surface area contributed by atoms with E-state index in [4.69, 9.17) is 14.2 Å². The average molecular weight is 341 g/mol. The molecule has 5 heteroatoms. The predicted octanol–water partition coefficient (Wildman–Crippen LogP) is 3.86. The highest BCUT2D eigenvalue weighted by molar-refractivity contribution is 5.14. The lowest BCUT2D eigenvalue weighted by Gasteiger charge is -2.30. The molecule has 0 spiro atoms. The maximum Gasteiger partial charge on any atom is 0.229 e. The van der Waals surface area contributed by atoms with Crippen LogP contribution in [0.5, 0.6) is 0 Å². The molecular formula is C20H27N3O2. The van der Waals surface area contributed by atoms with Gasteiger partial charge < -0.3 is 9.26 Å². The molecule has 2 aromatic rings. The van der Waals surface area contributed by atoms with Crippen LogP contribution in [0.2, 0.25) is 0 Å². The number of benzene rings is 1. The van der Waals surface area contributed by atoms with Gasteiger partial charge in [-0.2, -0.15) is 4.98 Å². The highest BCUT2D eigenvalue weighted by Crippen LogP contribution is 2.41. The van der Waals surface area contributed by atoms with Gasteiger partial charge in [-0.3, -0.25) is 4.90 Å². The highest BCUT2D eigenvalue weighted by Gasteiger charge is 2.40. The Kier molecular flexibility index (Phi) is 4.86. The number of hydrogen-bond acceptors (Lipinski definition) is 5. The second-order valence-electron chi connectivity index (χ2n) is 7.40. The fourth-order valence-corrected chi connectivity index (χ4v) is 4.23. The van der Waals surface area contributed by atoms with Gasteiger partial charge >= 0.3 is 0 Å². The zero-order valence-corrected chi connectivity index (χ0v) is 15.0. The summed E-state index contributed by atoms with van der Waals surface area (Å²) in [6.45, 7) is 3.18. The Morgan fingerprint density at radius 1 is 1.16 bits per heavy atom. The minimum absolute atomic E-state index is 0.310. The van der Waals surface area contributed by atoms with Crippen molar-refractivity contribution in [2.75, 3.05) is 20.2 Å². The van der Waals surface area contributed by atoms with Gasteiger partial charge in [0.2, 0.25) is 11.7 Å². The molecule has 1 aromatic carbocycles. The molecule has 1 saturated carbocycles. The van der Waals surface area contributed by atoms with Crippen LogP contribution in [0.15, 0.2) is 34.9 Å². The Labute approximate surface area is 149 Å². The van der Waals surface area contributed by atoms with Crippen LogP contribution in [0.3, 0.4) is 0 Å². The van der Waals surface area contributed by atoms with Crippen LogP contribution < -0.4 is 0 Å². The first-order valence-electron chi connectivity index (χ1n) is 9.45. The largest absolute Gasteiger partial charge is 0.370 e. The van der Waals surface area contributed by atoms with Gasteiger partial charge in [0.1, 0.15) is 5.60 Å². The average Bonchev–Trinajstić information content (AvgIpc) is 3.33. The smallest absolute Gasteiger partial charge is 0.229 e. The normalized spacial score (nSPS) is 21.6. The fraction of sp³-hybridized carbons (Fsp3) is 0.600. The van der Waals surface area contributed by atoms with Crippen molar-refractivity contribution >= 4 is 0 Å². The van der Waals surface area contributed by atoms with E-state index in [9.17, 15) is 0 Å². The number of nitrogens with zero attached hydrogens (tertiary/aromatic N) is 3. The molecule has 5 nitrogen and oxygen atoms in total. The molecule has 0 N–H and O–H groups in total. The Balaban J connectivity index is 1.37. The molecule has 0 bridgehead atoms. The maximum absolute atomic E-state index is 5.78. The summed E-state index contributed by atoms with van der Waals surface area (Å²) < 4.78 is 11.4. The van der Waals surface area contributed by atoms with E-state index in [-0.39, 0.29) is 5.60 Å². The van der Waals surface area contributed by atoms with Crippen LogP contribution in [0.25, 0.3) is 0 Å². The van der Waals surface area contributed by atoms with Crippen molar-refractivity contribution in [3.63, 3.8) is 0 Å². The molecule has 1 saturated heterocycles. The van der Waals surface area contributed by atoms with E-state index in [1.54, 1.807) is 7.11 Å². The number of rotatable bonds is 5. The third-order valence-electron chi connectivity index (χ3n) is 5.84. The summed E-state index contributed by atoms with van der Waals surface area (Å²) in [5.41, 5.74) is 1.07. The molecule has 1 aliphatic carbocycles. The monoisotopic (exact) mass is 341 g/mol. The molecule has 0 atom stereocenters. The SMILES string of the molecule is COC1(c2noc(C3CCN(Cc4ccccc4)CC3)n2)CCCC1. The predicted molar refractivity (Wildman–Crippen MR) is 95.1 cm³/mol. The molecule has 2 aliphatic rings. The van der Waals surface area contributed by atoms with Gasteiger partial charge in [0.15, 0.2) is 0 Å². The minimum atomic E-state index is -0.310. The molecule has 134 valence electrons. The number of piperidine rings is 1. The van der Waals surface area contributed by atoms with E-state index in [1.165, 1.54) is 18.4 Å². The molecule has 0 radical (unpaired) electrons. The zero-order chi connectivity index (χ0) is 17.1. The second kappa shape index (κ2) is 7.26. The van der Waals surface area contributed by atoms with Crippen molar-refractivity contribution in [2.45, 2.75) is 56.6 Å². The molecule has 0 unspecified atom stereocenters. The Hall–Kier alpha value is -1.72. The summed E-state index contributed by atoms with van der Waals surface area (Å²) in [4.78, 5) is 7.26. The van der Waals surface area contributed by atoms with Crippen LogP contribution in [-0.4, -0.2) is 35.2 Å². The summed E-state index contributed by atoms with van der Waals surface area (Å²) >= 11 is 0. The van der Waals surface area contributed by atoms with Crippen LogP contribution >= 0.6 is 0 Å². The van der Waals surface area contributed by atoms with E-state index in [1.807, 2.05) is 0 Å². The molecule has 1 aromatic heterocycles. The summed E-state index contributed by atoms with van der Waals surface area (Å²) in [7, 11) is 1.77. The topological polar surface area (TPSA) is 51.4 Å². The van der Waals surface area contributed by atoms with E-state index < -0.39 is 0 Å². The Morgan fingerprint density at radius 2 is 1.88 bits per heavy atom. The molecule has 0 amide bonds. The van der Waals surface area contributed by atoms with Gasteiger partial charge in [0.25, 0.3) is 0 Å². The standard InChI is InChI=1S/C20H27N3O2/c1-24-20(11-5-6-12-20)19-21-18(25-22-19)17-9-13-23(14-10-17)15-16-7-3-2-4-8-16/h2-4,7-8,17H,5-6,9-15H2,1H3. The zero-order valence-electron chi connectivity index (χ0n) is 15.0. The van der Waals surface area contributed by atoms with Crippen molar-refractivity contribution in [2.24, 2.45) is 0 Å². The first-order valence-corrected chi connectivity index (χ1v) is 9.45. The van der Waals surface area contributed by atoms with Crippen molar-refractivity contribution in [1.29, 1.82) is 0 Å². The molecule has 4 rings (SSSR count). The number of likely N-dealkylation sites (tertiary alicyclic amines) is 1. The molecule has 2 fully saturated rings. The number of methoxy groups -OCH3 is 1. The third-order valence-corrected chi connectivity index (χ3v) is 5.84. The summed E-state index contributed by atoms with van der Waals surface area (Å²) in [5.74, 6) is 1.94. The molecule has 1 aliphatic heterocycles. The summed E-state index contributed by atoms with van der Waals surface area (Å²) in [6, 6.07) is 10.7. The minimum Gasteiger partial charge on any atom is -0.370 e. The van der Waals surface area contributed by atoms with Gasteiger partial charge in [-0.1, -0.05) is 35.5 Å². The quantitative estimate of drug-likeness (QED) is 0.826. The molecule has 25 heavy (non-hydrogen) atoms. The van der Waals surface area contributed by atoms with Crippen LogP contribution in [0, 0.1) is 0 Å². The Morgan fingerprint density at radius 3 is 2.56 bits per heavy atom. The Bertz CT molecular complexity index is 671. The highest BCUT2D eigenvalue weighted by atomic mass is 16.5. The van der Waals surface area contributed by atoms with Gasteiger partial charge in [-0.25, -0.2) is 0 Å². The van der Waals surface area contributed by atoms with Crippen molar-refractivity contribution in [1.82, 2.24) is 15.0 Å². The van der Waals surface area contributed by atoms with Crippen LogP contribution in [0.4, 0.5) is 0 Å². The lowest BCUT2D eigenvalue weighted by molar-refractivity contribution is -0.0178. The van der Waals surface area contributed by atoms with Crippen molar-refractivity contribution in [3.8, 4) is 0 Å². The van der Waals surface area contributed by atoms with Crippen LogP contribution in [0.1, 0.15) is 61.7 Å². The van der Waals surface area contributed by atoms with Crippen molar-refractivity contribution < 1.29 is 9.26 Å². The first-order chi connectivity index (χ1) is 12.3. The summed E-state index contributed by atoms with van der Waals surface area (Å²) in [6.07, 6.45) is 6.50. The maximum atomic E-state index is 5.78. The summed E-state index contributed by atoms with van der Waals surface area (Å²) in [5, 5.41) is 4.28. The third kappa shape index (κ3) is 3.48. The number of ether oxygens (including phenoxy) is 1. The lowest BCUT2D eigenvalue weighted by atomic mass is 9.96. The molecular weight excluding hydrogens is 314 g/mol. The first kappa shape index (κ1) is 16.7. The van der Waals surface area contributed by atoms with E-state index >= 15 is 0 Å². The lowest BCUT2D eigenvalue weighted by Crippen LogP contribution is -2.32. The van der Waals surface area contributed by atoms with Gasteiger partial charge in [-0.15, -0.1) is 0 Å². The van der Waals surface area contributed by atoms with Crippen LogP contribution in [-0.2, 0) is 16.9 Å². The van der Waals surface area contributed by atoms with Gasteiger partial charge in [-0.05, 0) is 57.2 Å². The van der Waals surface area contributed by atoms with Crippen molar-refractivity contribution in [3.05, 3.63) is 47.6 Å². The fourth-order valence-electron chi connectivity index (χ4n) is 4.23. The number of aromatic nitrogens is 2. The van der Waals surface area contributed by atoms with E-state index in [2.05, 4.69) is 40.4 Å². The number of hydrogen-bond donors (Lipinski definition) is 0. The van der Waals surface area contributed by atoms with E-state index in [0.717, 1.165) is 57.0 Å². The van der Waals surface area contributed by atoms with E-state index in [0.29, 0.717) is 5.92 Å². The second-order valence-corrected chi connectivity index (χ2v) is 7.40. The van der Waals surface area contributed by atoms with Gasteiger partial charge in [0, 0.05) is 19.6 Å². The molecule has 2 heterocycles. The van der Waals surface area contributed by atoms with Gasteiger partial charge in [0.05, 0.1) is 0 Å².